The van der Waals surface area contributed by atoms with Gasteiger partial charge in [0.1, 0.15) is 0 Å². The van der Waals surface area contributed by atoms with Gasteiger partial charge in [0.2, 0.25) is 0 Å². The van der Waals surface area contributed by atoms with Gasteiger partial charge in [-0.25, -0.2) is 9.59 Å². The van der Waals surface area contributed by atoms with Crippen molar-refractivity contribution in [3.05, 3.63) is 32.7 Å². The molecule has 102 valence electrons. The normalized spacial score (nSPS) is 11.1. The molecule has 3 aromatic rings. The highest BCUT2D eigenvalue weighted by molar-refractivity contribution is 6.39. The highest BCUT2D eigenvalue weighted by atomic mass is 35.5. The molecule has 3 rings (SSSR count). The first-order valence-electron chi connectivity index (χ1n) is 5.14. The van der Waals surface area contributed by atoms with Gasteiger partial charge < -0.3 is 14.8 Å². The smallest absolute Gasteiger partial charge is 0.449 e. The van der Waals surface area contributed by atoms with Crippen LogP contribution in [0.3, 0.4) is 0 Å². The molecule has 0 spiro atoms. The Morgan fingerprint density at radius 2 is 2.15 bits per heavy atom. The predicted octanol–water partition coefficient (Wildman–Crippen LogP) is 1.93. The van der Waals surface area contributed by atoms with Crippen LogP contribution in [0.2, 0.25) is 10.0 Å². The van der Waals surface area contributed by atoms with Gasteiger partial charge in [-0.1, -0.05) is 23.2 Å². The van der Waals surface area contributed by atoms with Gasteiger partial charge in [-0.05, 0) is 12.1 Å². The molecule has 1 aromatic carbocycles. The maximum Gasteiger partial charge on any atom is 0.513 e. The van der Waals surface area contributed by atoms with Crippen molar-refractivity contribution in [3.8, 4) is 6.01 Å². The Kier molecular flexibility index (Phi) is 2.77. The average Bonchev–Trinajstić information content (AvgIpc) is 2.70. The van der Waals surface area contributed by atoms with Crippen molar-refractivity contribution in [1.82, 2.24) is 19.6 Å². The minimum atomic E-state index is -1.59. The van der Waals surface area contributed by atoms with E-state index in [9.17, 15) is 9.59 Å². The molecule has 10 heteroatoms. The first-order valence-corrected chi connectivity index (χ1v) is 5.90. The van der Waals surface area contributed by atoms with Gasteiger partial charge in [-0.3, -0.25) is 0 Å². The summed E-state index contributed by atoms with van der Waals surface area (Å²) in [5.74, 6) is 0. The van der Waals surface area contributed by atoms with Crippen LogP contribution >= 0.6 is 23.2 Å². The van der Waals surface area contributed by atoms with E-state index in [4.69, 9.17) is 28.3 Å². The Hall–Kier alpha value is -2.32. The number of H-pyrrole nitrogens is 1. The van der Waals surface area contributed by atoms with Crippen molar-refractivity contribution in [3.63, 3.8) is 0 Å². The third kappa shape index (κ3) is 1.95. The second kappa shape index (κ2) is 4.36. The molecule has 0 saturated carbocycles. The number of nitrogens with zero attached hydrogens (tertiary/aromatic N) is 3. The fraction of sp³-hybridized carbons (Fsp3) is 0. The van der Waals surface area contributed by atoms with Crippen LogP contribution in [0.25, 0.3) is 16.6 Å². The molecule has 0 amide bonds. The second-order valence-electron chi connectivity index (χ2n) is 3.74. The fourth-order valence-electron chi connectivity index (χ4n) is 1.79. The Balaban J connectivity index is 2.43. The van der Waals surface area contributed by atoms with Crippen molar-refractivity contribution in [1.29, 1.82) is 0 Å². The molecule has 0 fully saturated rings. The van der Waals surface area contributed by atoms with E-state index in [-0.39, 0.29) is 10.7 Å². The quantitative estimate of drug-likeness (QED) is 0.664. The summed E-state index contributed by atoms with van der Waals surface area (Å²) in [6.07, 6.45) is -1.59. The van der Waals surface area contributed by atoms with Gasteiger partial charge in [0.05, 0.1) is 15.9 Å². The van der Waals surface area contributed by atoms with Gasteiger partial charge >= 0.3 is 17.9 Å². The zero-order valence-electron chi connectivity index (χ0n) is 9.42. The minimum absolute atomic E-state index is 0.0710. The zero-order chi connectivity index (χ0) is 14.4. The molecule has 8 nitrogen and oxygen atoms in total. The first kappa shape index (κ1) is 12.7. The number of aromatic nitrogens is 4. The van der Waals surface area contributed by atoms with Crippen molar-refractivity contribution in [2.24, 2.45) is 0 Å². The lowest BCUT2D eigenvalue weighted by atomic mass is 10.2. The summed E-state index contributed by atoms with van der Waals surface area (Å²) >= 11 is 11.9. The molecule has 0 bridgehead atoms. The van der Waals surface area contributed by atoms with E-state index in [1.165, 1.54) is 12.1 Å². The lowest BCUT2D eigenvalue weighted by Gasteiger charge is -2.02. The highest BCUT2D eigenvalue weighted by Crippen LogP contribution is 2.28. The molecule has 0 aliphatic heterocycles. The number of ether oxygens (including phenoxy) is 1. The van der Waals surface area contributed by atoms with Crippen LogP contribution in [0.15, 0.2) is 16.9 Å². The lowest BCUT2D eigenvalue weighted by Crippen LogP contribution is -2.17. The van der Waals surface area contributed by atoms with Gasteiger partial charge in [0.15, 0.2) is 5.65 Å². The summed E-state index contributed by atoms with van der Waals surface area (Å²) in [5.41, 5.74) is -0.200. The van der Waals surface area contributed by atoms with E-state index in [1.54, 1.807) is 0 Å². The van der Waals surface area contributed by atoms with E-state index in [0.29, 0.717) is 15.9 Å². The fourth-order valence-corrected chi connectivity index (χ4v) is 2.36. The van der Waals surface area contributed by atoms with Crippen LogP contribution in [0.1, 0.15) is 0 Å². The summed E-state index contributed by atoms with van der Waals surface area (Å²) < 4.78 is 5.18. The topological polar surface area (TPSA) is 110 Å². The lowest BCUT2D eigenvalue weighted by molar-refractivity contribution is 0.140. The third-order valence-electron chi connectivity index (χ3n) is 2.48. The Bertz CT molecular complexity index is 917. The summed E-state index contributed by atoms with van der Waals surface area (Å²) in [5, 5.41) is 13.1. The SMILES string of the molecule is O=C(O)Oc1nc2c3c(Cl)cc(Cl)cc3[nH]c(=O)n2n1. The number of rotatable bonds is 1. The van der Waals surface area contributed by atoms with Gasteiger partial charge in [-0.15, -0.1) is 5.10 Å². The number of carboxylic acid groups (broad SMARTS) is 1. The number of fused-ring (bicyclic) bond motifs is 3. The van der Waals surface area contributed by atoms with Crippen LogP contribution in [0.4, 0.5) is 4.79 Å². The van der Waals surface area contributed by atoms with E-state index in [0.717, 1.165) is 4.52 Å². The molecule has 20 heavy (non-hydrogen) atoms. The maximum absolute atomic E-state index is 11.8. The largest absolute Gasteiger partial charge is 0.513 e. The monoisotopic (exact) mass is 314 g/mol. The van der Waals surface area contributed by atoms with Crippen LogP contribution in [-0.2, 0) is 0 Å². The molecule has 0 aliphatic carbocycles. The summed E-state index contributed by atoms with van der Waals surface area (Å²) in [6, 6.07) is 2.49. The van der Waals surface area contributed by atoms with Crippen LogP contribution in [-0.4, -0.2) is 30.8 Å². The number of aromatic amines is 1. The van der Waals surface area contributed by atoms with Crippen LogP contribution < -0.4 is 10.4 Å². The standard InChI is InChI=1S/C10H4Cl2N4O4/c11-3-1-4(12)6-5(2-3)13-9(17)16-7(6)14-8(15-16)20-10(18)19/h1-2H,(H,13,17)(H,18,19). The average molecular weight is 315 g/mol. The minimum Gasteiger partial charge on any atom is -0.449 e. The van der Waals surface area contributed by atoms with Crippen LogP contribution in [0.5, 0.6) is 6.01 Å². The first-order chi connectivity index (χ1) is 9.45. The Labute approximate surface area is 119 Å². The van der Waals surface area contributed by atoms with E-state index in [1.807, 2.05) is 0 Å². The molecule has 0 unspecified atom stereocenters. The molecule has 0 atom stereocenters. The number of hydrogen-bond donors (Lipinski definition) is 2. The van der Waals surface area contributed by atoms with Gasteiger partial charge in [-0.2, -0.15) is 9.50 Å². The molecule has 2 N–H and O–H groups in total. The molecule has 0 saturated heterocycles. The predicted molar refractivity (Wildman–Crippen MR) is 69.8 cm³/mol. The van der Waals surface area contributed by atoms with Gasteiger partial charge in [0.25, 0.3) is 0 Å². The number of halogens is 2. The highest BCUT2D eigenvalue weighted by Gasteiger charge is 2.16. The number of benzene rings is 1. The molecule has 0 radical (unpaired) electrons. The number of nitrogens with one attached hydrogen (secondary N) is 1. The van der Waals surface area contributed by atoms with Crippen molar-refractivity contribution in [2.45, 2.75) is 0 Å². The molecule has 2 heterocycles. The molecule has 2 aromatic heterocycles. The van der Waals surface area contributed by atoms with E-state index < -0.39 is 17.9 Å². The third-order valence-corrected chi connectivity index (χ3v) is 3.00. The van der Waals surface area contributed by atoms with Gasteiger partial charge in [0, 0.05) is 5.02 Å². The molecular weight excluding hydrogens is 311 g/mol. The summed E-state index contributed by atoms with van der Waals surface area (Å²) in [7, 11) is 0. The molecule has 0 aliphatic rings. The maximum atomic E-state index is 11.8. The van der Waals surface area contributed by atoms with Crippen LogP contribution in [0, 0.1) is 0 Å². The number of carbonyl (C=O) groups is 1. The summed E-state index contributed by atoms with van der Waals surface area (Å²) in [4.78, 5) is 28.6. The zero-order valence-corrected chi connectivity index (χ0v) is 10.9. The Morgan fingerprint density at radius 1 is 1.40 bits per heavy atom. The molecular formula is C10H4Cl2N4O4. The second-order valence-corrected chi connectivity index (χ2v) is 4.58. The van der Waals surface area contributed by atoms with Crippen molar-refractivity contribution >= 4 is 45.9 Å². The van der Waals surface area contributed by atoms with Crippen molar-refractivity contribution in [2.75, 3.05) is 0 Å². The summed E-state index contributed by atoms with van der Waals surface area (Å²) in [6.45, 7) is 0. The Morgan fingerprint density at radius 3 is 2.85 bits per heavy atom. The van der Waals surface area contributed by atoms with E-state index in [2.05, 4.69) is 19.8 Å². The van der Waals surface area contributed by atoms with E-state index >= 15 is 0 Å². The number of hydrogen-bond acceptors (Lipinski definition) is 5. The van der Waals surface area contributed by atoms with Crippen molar-refractivity contribution < 1.29 is 14.6 Å².